The fourth-order valence-corrected chi connectivity index (χ4v) is 2.98. The van der Waals surface area contributed by atoms with Gasteiger partial charge in [-0.25, -0.2) is 4.79 Å². The van der Waals surface area contributed by atoms with Crippen LogP contribution in [0, 0.1) is 0 Å². The average Bonchev–Trinajstić information content (AvgIpc) is 3.12. The highest BCUT2D eigenvalue weighted by molar-refractivity contribution is 5.96. The van der Waals surface area contributed by atoms with Crippen molar-refractivity contribution in [1.82, 2.24) is 15.1 Å². The molecule has 3 rings (SSSR count). The molecular formula is C19H23N3O5. The molecule has 2 heterocycles. The van der Waals surface area contributed by atoms with Crippen molar-refractivity contribution in [3.63, 3.8) is 0 Å². The fraction of sp³-hybridized carbons (Fsp3) is 0.421. The second-order valence-corrected chi connectivity index (χ2v) is 6.22. The number of furan rings is 1. The number of carbonyl (C=O) groups excluding carboxylic acids is 3. The monoisotopic (exact) mass is 373 g/mol. The van der Waals surface area contributed by atoms with E-state index in [2.05, 4.69) is 5.32 Å². The van der Waals surface area contributed by atoms with Crippen molar-refractivity contribution in [3.8, 4) is 0 Å². The molecule has 1 saturated heterocycles. The van der Waals surface area contributed by atoms with Crippen LogP contribution in [0.3, 0.4) is 0 Å². The molecule has 1 aliphatic heterocycles. The number of rotatable bonds is 5. The maximum atomic E-state index is 12.3. The van der Waals surface area contributed by atoms with Crippen molar-refractivity contribution in [2.75, 3.05) is 39.3 Å². The van der Waals surface area contributed by atoms with E-state index in [1.54, 1.807) is 28.9 Å². The predicted octanol–water partition coefficient (Wildman–Crippen LogP) is 1.85. The van der Waals surface area contributed by atoms with Crippen molar-refractivity contribution in [2.45, 2.75) is 13.3 Å². The highest BCUT2D eigenvalue weighted by Gasteiger charge is 2.24. The lowest BCUT2D eigenvalue weighted by Crippen LogP contribution is -2.51. The Kier molecular flexibility index (Phi) is 5.95. The maximum absolute atomic E-state index is 12.3. The molecule has 1 fully saturated rings. The summed E-state index contributed by atoms with van der Waals surface area (Å²) in [6.07, 6.45) is -0.145. The topological polar surface area (TPSA) is 92.1 Å². The number of ether oxygens (including phenoxy) is 1. The van der Waals surface area contributed by atoms with Gasteiger partial charge in [0.1, 0.15) is 5.58 Å². The summed E-state index contributed by atoms with van der Waals surface area (Å²) in [5.74, 6) is -0.166. The van der Waals surface area contributed by atoms with Gasteiger partial charge in [0.25, 0.3) is 5.91 Å². The lowest BCUT2D eigenvalue weighted by Gasteiger charge is -2.34. The van der Waals surface area contributed by atoms with Gasteiger partial charge < -0.3 is 24.3 Å². The molecule has 1 aliphatic rings. The molecule has 2 aromatic rings. The van der Waals surface area contributed by atoms with Crippen molar-refractivity contribution >= 4 is 28.9 Å². The molecule has 0 spiro atoms. The SMILES string of the molecule is CCOC(=O)N1CCN(C(=O)CCNC(=O)c2cc3ccccc3o2)CC1. The summed E-state index contributed by atoms with van der Waals surface area (Å²) >= 11 is 0. The molecule has 8 nitrogen and oxygen atoms in total. The van der Waals surface area contributed by atoms with Crippen LogP contribution in [-0.2, 0) is 9.53 Å². The minimum Gasteiger partial charge on any atom is -0.451 e. The van der Waals surface area contributed by atoms with Gasteiger partial charge >= 0.3 is 6.09 Å². The van der Waals surface area contributed by atoms with E-state index in [0.717, 1.165) is 5.39 Å². The third-order valence-corrected chi connectivity index (χ3v) is 4.43. The van der Waals surface area contributed by atoms with Crippen LogP contribution >= 0.6 is 0 Å². The zero-order valence-electron chi connectivity index (χ0n) is 15.3. The summed E-state index contributed by atoms with van der Waals surface area (Å²) in [5, 5.41) is 3.57. The van der Waals surface area contributed by atoms with Gasteiger partial charge in [-0.15, -0.1) is 0 Å². The lowest BCUT2D eigenvalue weighted by atomic mass is 10.2. The van der Waals surface area contributed by atoms with Crippen LogP contribution in [0.4, 0.5) is 4.79 Å². The van der Waals surface area contributed by atoms with E-state index in [-0.39, 0.29) is 36.6 Å². The van der Waals surface area contributed by atoms with Gasteiger partial charge in [0, 0.05) is 44.5 Å². The van der Waals surface area contributed by atoms with Crippen molar-refractivity contribution < 1.29 is 23.5 Å². The highest BCUT2D eigenvalue weighted by Crippen LogP contribution is 2.18. The first-order valence-corrected chi connectivity index (χ1v) is 9.04. The summed E-state index contributed by atoms with van der Waals surface area (Å²) in [7, 11) is 0. The Bertz CT molecular complexity index is 791. The molecule has 0 atom stereocenters. The van der Waals surface area contributed by atoms with E-state index in [4.69, 9.17) is 9.15 Å². The fourth-order valence-electron chi connectivity index (χ4n) is 2.98. The van der Waals surface area contributed by atoms with Gasteiger partial charge in [-0.1, -0.05) is 18.2 Å². The lowest BCUT2D eigenvalue weighted by molar-refractivity contribution is -0.132. The number of piperazine rings is 1. The Hall–Kier alpha value is -3.03. The summed E-state index contributed by atoms with van der Waals surface area (Å²) in [4.78, 5) is 39.4. The summed E-state index contributed by atoms with van der Waals surface area (Å²) in [6.45, 7) is 4.17. The van der Waals surface area contributed by atoms with Crippen LogP contribution in [-0.4, -0.2) is 67.0 Å². The molecule has 3 amide bonds. The maximum Gasteiger partial charge on any atom is 0.409 e. The molecule has 0 aliphatic carbocycles. The molecular weight excluding hydrogens is 350 g/mol. The Morgan fingerprint density at radius 1 is 1.11 bits per heavy atom. The van der Waals surface area contributed by atoms with Gasteiger partial charge in [-0.3, -0.25) is 9.59 Å². The summed E-state index contributed by atoms with van der Waals surface area (Å²) < 4.78 is 10.5. The number of nitrogens with one attached hydrogen (secondary N) is 1. The molecule has 144 valence electrons. The van der Waals surface area contributed by atoms with Gasteiger partial charge in [-0.05, 0) is 19.1 Å². The number of para-hydroxylation sites is 1. The molecule has 0 unspecified atom stereocenters. The quantitative estimate of drug-likeness (QED) is 0.864. The van der Waals surface area contributed by atoms with E-state index in [0.29, 0.717) is 38.4 Å². The third-order valence-electron chi connectivity index (χ3n) is 4.43. The molecule has 1 aromatic carbocycles. The molecule has 1 N–H and O–H groups in total. The number of amides is 3. The zero-order valence-corrected chi connectivity index (χ0v) is 15.3. The van der Waals surface area contributed by atoms with Crippen molar-refractivity contribution in [2.24, 2.45) is 0 Å². The van der Waals surface area contributed by atoms with Crippen LogP contribution < -0.4 is 5.32 Å². The van der Waals surface area contributed by atoms with Crippen LogP contribution in [0.2, 0.25) is 0 Å². The van der Waals surface area contributed by atoms with Crippen LogP contribution in [0.5, 0.6) is 0 Å². The largest absolute Gasteiger partial charge is 0.451 e. The van der Waals surface area contributed by atoms with E-state index >= 15 is 0 Å². The standard InChI is InChI=1S/C19H23N3O5/c1-2-26-19(25)22-11-9-21(10-12-22)17(23)7-8-20-18(24)16-13-14-5-3-4-6-15(14)27-16/h3-6,13H,2,7-12H2,1H3,(H,20,24). The number of fused-ring (bicyclic) bond motifs is 1. The molecule has 0 saturated carbocycles. The molecule has 0 radical (unpaired) electrons. The highest BCUT2D eigenvalue weighted by atomic mass is 16.6. The number of hydrogen-bond donors (Lipinski definition) is 1. The van der Waals surface area contributed by atoms with Crippen molar-refractivity contribution in [3.05, 3.63) is 36.1 Å². The minimum absolute atomic E-state index is 0.0524. The average molecular weight is 373 g/mol. The van der Waals surface area contributed by atoms with Crippen LogP contribution in [0.1, 0.15) is 23.9 Å². The number of carbonyl (C=O) groups is 3. The zero-order chi connectivity index (χ0) is 19.2. The minimum atomic E-state index is -0.345. The van der Waals surface area contributed by atoms with Crippen LogP contribution in [0.15, 0.2) is 34.7 Å². The van der Waals surface area contributed by atoms with E-state index in [1.165, 1.54) is 0 Å². The molecule has 27 heavy (non-hydrogen) atoms. The first kappa shape index (κ1) is 18.8. The van der Waals surface area contributed by atoms with E-state index in [1.807, 2.05) is 18.2 Å². The first-order chi connectivity index (χ1) is 13.1. The van der Waals surface area contributed by atoms with Gasteiger partial charge in [-0.2, -0.15) is 0 Å². The Morgan fingerprint density at radius 3 is 2.52 bits per heavy atom. The van der Waals surface area contributed by atoms with Gasteiger partial charge in [0.2, 0.25) is 5.91 Å². The third kappa shape index (κ3) is 4.58. The molecule has 0 bridgehead atoms. The predicted molar refractivity (Wildman–Crippen MR) is 98.3 cm³/mol. The number of nitrogens with zero attached hydrogens (tertiary/aromatic N) is 2. The molecule has 8 heteroatoms. The van der Waals surface area contributed by atoms with Gasteiger partial charge in [0.05, 0.1) is 6.61 Å². The van der Waals surface area contributed by atoms with Crippen molar-refractivity contribution in [1.29, 1.82) is 0 Å². The first-order valence-electron chi connectivity index (χ1n) is 9.04. The van der Waals surface area contributed by atoms with E-state index < -0.39 is 0 Å². The Balaban J connectivity index is 1.42. The summed E-state index contributed by atoms with van der Waals surface area (Å²) in [6, 6.07) is 9.06. The molecule has 1 aromatic heterocycles. The van der Waals surface area contributed by atoms with Crippen LogP contribution in [0.25, 0.3) is 11.0 Å². The Morgan fingerprint density at radius 2 is 1.81 bits per heavy atom. The normalized spacial score (nSPS) is 14.3. The number of hydrogen-bond acceptors (Lipinski definition) is 5. The number of benzene rings is 1. The Labute approximate surface area is 157 Å². The van der Waals surface area contributed by atoms with Gasteiger partial charge in [0.15, 0.2) is 5.76 Å². The smallest absolute Gasteiger partial charge is 0.409 e. The summed E-state index contributed by atoms with van der Waals surface area (Å²) in [5.41, 5.74) is 0.651. The second kappa shape index (κ2) is 8.57. The second-order valence-electron chi connectivity index (χ2n) is 6.22. The van der Waals surface area contributed by atoms with E-state index in [9.17, 15) is 14.4 Å².